The molecule has 0 spiro atoms. The number of phenols is 1. The van der Waals surface area contributed by atoms with E-state index in [1.54, 1.807) is 0 Å². The maximum atomic E-state index is 12.8. The number of nitro groups is 2. The molecule has 2 aromatic carbocycles. The first-order chi connectivity index (χ1) is 12.3. The second-order valence-electron chi connectivity index (χ2n) is 5.51. The summed E-state index contributed by atoms with van der Waals surface area (Å²) in [5.41, 5.74) is -0.677. The van der Waals surface area contributed by atoms with Crippen LogP contribution in [0.2, 0.25) is 0 Å². The molecule has 0 atom stereocenters. The molecule has 1 N–H and O–H groups in total. The Balaban J connectivity index is 0.000000197. The van der Waals surface area contributed by atoms with Crippen LogP contribution in [0.1, 0.15) is 12.8 Å². The van der Waals surface area contributed by atoms with Gasteiger partial charge in [-0.3, -0.25) is 20.2 Å². The number of nitro benzene ring substituents is 2. The molecule has 3 rings (SSSR count). The van der Waals surface area contributed by atoms with Gasteiger partial charge in [0.05, 0.1) is 16.5 Å². The summed E-state index contributed by atoms with van der Waals surface area (Å²) >= 11 is 0. The Hall–Kier alpha value is -3.30. The maximum absolute atomic E-state index is 12.8. The molecule has 0 aromatic heterocycles. The van der Waals surface area contributed by atoms with E-state index in [1.165, 1.54) is 0 Å². The van der Waals surface area contributed by atoms with E-state index in [0.29, 0.717) is 18.6 Å². The zero-order valence-electron chi connectivity index (χ0n) is 13.3. The third-order valence-corrected chi connectivity index (χ3v) is 3.42. The lowest BCUT2D eigenvalue weighted by molar-refractivity contribution is -0.386. The van der Waals surface area contributed by atoms with Crippen LogP contribution < -0.4 is 4.74 Å². The number of halogens is 2. The van der Waals surface area contributed by atoms with E-state index < -0.39 is 32.9 Å². The highest BCUT2D eigenvalue weighted by Crippen LogP contribution is 2.32. The minimum absolute atomic E-state index is 0.0203. The van der Waals surface area contributed by atoms with Crippen molar-refractivity contribution in [3.05, 3.63) is 68.3 Å². The average Bonchev–Trinajstić information content (AvgIpc) is 3.37. The van der Waals surface area contributed by atoms with E-state index in [4.69, 9.17) is 9.84 Å². The van der Waals surface area contributed by atoms with Gasteiger partial charge in [0, 0.05) is 24.3 Å². The first-order valence-corrected chi connectivity index (χ1v) is 7.47. The summed E-state index contributed by atoms with van der Waals surface area (Å²) in [7, 11) is 0. The van der Waals surface area contributed by atoms with Crippen LogP contribution in [0.25, 0.3) is 0 Å². The van der Waals surface area contributed by atoms with Crippen LogP contribution in [0.5, 0.6) is 11.5 Å². The first kappa shape index (κ1) is 19.0. The van der Waals surface area contributed by atoms with Gasteiger partial charge in [0.2, 0.25) is 0 Å². The Labute approximate surface area is 145 Å². The van der Waals surface area contributed by atoms with Crippen molar-refractivity contribution in [3.8, 4) is 11.5 Å². The lowest BCUT2D eigenvalue weighted by Gasteiger charge is -2.05. The Kier molecular flexibility index (Phi) is 5.99. The Morgan fingerprint density at radius 3 is 2.04 bits per heavy atom. The summed E-state index contributed by atoms with van der Waals surface area (Å²) in [6.07, 6.45) is 2.17. The Bertz CT molecular complexity index is 826. The normalized spacial score (nSPS) is 12.7. The van der Waals surface area contributed by atoms with Crippen molar-refractivity contribution >= 4 is 11.4 Å². The molecule has 2 aromatic rings. The van der Waals surface area contributed by atoms with Crippen LogP contribution in [0.4, 0.5) is 20.2 Å². The lowest BCUT2D eigenvalue weighted by atomic mass is 10.3. The number of benzene rings is 2. The van der Waals surface area contributed by atoms with Crippen molar-refractivity contribution in [1.82, 2.24) is 0 Å². The lowest BCUT2D eigenvalue weighted by Crippen LogP contribution is -2.02. The third-order valence-electron chi connectivity index (χ3n) is 3.42. The first-order valence-electron chi connectivity index (χ1n) is 7.47. The molecule has 26 heavy (non-hydrogen) atoms. The fourth-order valence-corrected chi connectivity index (χ4v) is 1.90. The minimum Gasteiger partial charge on any atom is -0.502 e. The molecular formula is C16H14F2N2O6. The summed E-state index contributed by atoms with van der Waals surface area (Å²) in [5, 5.41) is 29.4. The molecular weight excluding hydrogens is 354 g/mol. The van der Waals surface area contributed by atoms with Gasteiger partial charge in [-0.2, -0.15) is 0 Å². The number of nitrogens with zero attached hydrogens (tertiary/aromatic N) is 2. The van der Waals surface area contributed by atoms with E-state index in [2.05, 4.69) is 0 Å². The van der Waals surface area contributed by atoms with Crippen molar-refractivity contribution in [2.45, 2.75) is 12.8 Å². The number of ether oxygens (including phenoxy) is 1. The average molecular weight is 368 g/mol. The molecule has 0 radical (unpaired) electrons. The predicted molar refractivity (Wildman–Crippen MR) is 86.0 cm³/mol. The molecule has 0 unspecified atom stereocenters. The monoisotopic (exact) mass is 368 g/mol. The molecule has 10 heteroatoms. The van der Waals surface area contributed by atoms with Crippen LogP contribution in [0, 0.1) is 37.8 Å². The number of hydrogen-bond acceptors (Lipinski definition) is 6. The Morgan fingerprint density at radius 2 is 1.54 bits per heavy atom. The van der Waals surface area contributed by atoms with Gasteiger partial charge in [-0.1, -0.05) is 0 Å². The van der Waals surface area contributed by atoms with Gasteiger partial charge in [-0.15, -0.1) is 0 Å². The summed E-state index contributed by atoms with van der Waals surface area (Å²) in [6, 6.07) is 5.75. The molecule has 8 nitrogen and oxygen atoms in total. The highest BCUT2D eigenvalue weighted by atomic mass is 19.1. The number of rotatable bonds is 5. The highest BCUT2D eigenvalue weighted by molar-refractivity contribution is 5.46. The van der Waals surface area contributed by atoms with Gasteiger partial charge in [0.1, 0.15) is 11.6 Å². The highest BCUT2D eigenvalue weighted by Gasteiger charge is 2.24. The molecule has 1 aliphatic rings. The number of phenolic OH excluding ortho intramolecular Hbond substituents is 1. The van der Waals surface area contributed by atoms with Crippen molar-refractivity contribution in [3.63, 3.8) is 0 Å². The molecule has 0 heterocycles. The number of aromatic hydroxyl groups is 1. The van der Waals surface area contributed by atoms with E-state index in [0.717, 1.165) is 43.2 Å². The molecule has 1 saturated carbocycles. The van der Waals surface area contributed by atoms with Gasteiger partial charge in [0.25, 0.3) is 0 Å². The van der Waals surface area contributed by atoms with Crippen molar-refractivity contribution < 1.29 is 28.5 Å². The summed E-state index contributed by atoms with van der Waals surface area (Å²) in [6.45, 7) is 0.435. The van der Waals surface area contributed by atoms with E-state index in [-0.39, 0.29) is 11.4 Å². The second-order valence-corrected chi connectivity index (χ2v) is 5.51. The van der Waals surface area contributed by atoms with E-state index >= 15 is 0 Å². The van der Waals surface area contributed by atoms with Crippen molar-refractivity contribution in [2.24, 2.45) is 5.92 Å². The molecule has 1 aliphatic carbocycles. The maximum Gasteiger partial charge on any atom is 0.311 e. The summed E-state index contributed by atoms with van der Waals surface area (Å²) < 4.78 is 30.3. The topological polar surface area (TPSA) is 116 Å². The molecule has 1 fully saturated rings. The fraction of sp³-hybridized carbons (Fsp3) is 0.250. The minimum atomic E-state index is -0.783. The van der Waals surface area contributed by atoms with Crippen LogP contribution in [-0.4, -0.2) is 21.6 Å². The van der Waals surface area contributed by atoms with Crippen molar-refractivity contribution in [1.29, 1.82) is 0 Å². The summed E-state index contributed by atoms with van der Waals surface area (Å²) in [4.78, 5) is 19.3. The fourth-order valence-electron chi connectivity index (χ4n) is 1.90. The van der Waals surface area contributed by atoms with Crippen molar-refractivity contribution in [2.75, 3.05) is 6.61 Å². The van der Waals surface area contributed by atoms with Crippen LogP contribution in [-0.2, 0) is 0 Å². The predicted octanol–water partition coefficient (Wildman–Crippen LogP) is 3.96. The largest absolute Gasteiger partial charge is 0.502 e. The zero-order chi connectivity index (χ0) is 19.3. The third kappa shape index (κ3) is 5.36. The smallest absolute Gasteiger partial charge is 0.311 e. The van der Waals surface area contributed by atoms with Crippen LogP contribution >= 0.6 is 0 Å². The van der Waals surface area contributed by atoms with E-state index in [1.807, 2.05) is 0 Å². The van der Waals surface area contributed by atoms with Gasteiger partial charge >= 0.3 is 11.4 Å². The molecule has 0 bridgehead atoms. The SMILES string of the molecule is O=[N+]([O-])c1ccc(F)cc1O.O=[N+]([O-])c1ccc(F)cc1OCC1CC1. The second kappa shape index (κ2) is 8.19. The molecule has 0 saturated heterocycles. The Morgan fingerprint density at radius 1 is 1.00 bits per heavy atom. The van der Waals surface area contributed by atoms with Gasteiger partial charge in [0.15, 0.2) is 11.5 Å². The molecule has 138 valence electrons. The van der Waals surface area contributed by atoms with Crippen LogP contribution in [0.15, 0.2) is 36.4 Å². The molecule has 0 amide bonds. The zero-order valence-corrected chi connectivity index (χ0v) is 13.3. The van der Waals surface area contributed by atoms with E-state index in [9.17, 15) is 29.0 Å². The number of hydrogen-bond donors (Lipinski definition) is 1. The summed E-state index contributed by atoms with van der Waals surface area (Å²) in [5.74, 6) is -1.38. The quantitative estimate of drug-likeness (QED) is 0.631. The van der Waals surface area contributed by atoms with Gasteiger partial charge in [-0.05, 0) is 30.9 Å². The van der Waals surface area contributed by atoms with Crippen LogP contribution in [0.3, 0.4) is 0 Å². The standard InChI is InChI=1S/C10H10FNO3.C6H4FNO3/c11-8-3-4-9(12(13)14)10(5-8)15-6-7-1-2-7;7-4-1-2-5(8(10)11)6(9)3-4/h3-5,7H,1-2,6H2;1-3,9H. The van der Waals surface area contributed by atoms with Gasteiger partial charge < -0.3 is 9.84 Å². The van der Waals surface area contributed by atoms with Gasteiger partial charge in [-0.25, -0.2) is 8.78 Å². The molecule has 0 aliphatic heterocycles.